The third-order valence-electron chi connectivity index (χ3n) is 6.59. The topological polar surface area (TPSA) is 20.2 Å². The highest BCUT2D eigenvalue weighted by Gasteiger charge is 2.52. The Bertz CT molecular complexity index is 418. The number of hydrogen-bond acceptors (Lipinski definition) is 1. The molecule has 1 N–H and O–H groups in total. The second kappa shape index (κ2) is 6.28. The van der Waals surface area contributed by atoms with Gasteiger partial charge in [0.25, 0.3) is 0 Å². The van der Waals surface area contributed by atoms with Crippen molar-refractivity contribution in [2.75, 3.05) is 6.61 Å². The molecule has 120 valence electrons. The van der Waals surface area contributed by atoms with Crippen molar-refractivity contribution in [2.24, 2.45) is 22.7 Å². The summed E-state index contributed by atoms with van der Waals surface area (Å²) in [6, 6.07) is 0. The first-order valence-corrected chi connectivity index (χ1v) is 8.75. The molecule has 2 aliphatic rings. The highest BCUT2D eigenvalue weighted by molar-refractivity contribution is 5.16. The second-order valence-electron chi connectivity index (χ2n) is 8.42. The van der Waals surface area contributed by atoms with Crippen LogP contribution in [0, 0.1) is 22.7 Å². The Kier molecular flexibility index (Phi) is 5.03. The normalized spacial score (nSPS) is 36.4. The minimum Gasteiger partial charge on any atom is -0.392 e. The molecule has 21 heavy (non-hydrogen) atoms. The van der Waals surface area contributed by atoms with Gasteiger partial charge in [0.15, 0.2) is 0 Å². The van der Waals surface area contributed by atoms with Gasteiger partial charge >= 0.3 is 0 Å². The summed E-state index contributed by atoms with van der Waals surface area (Å²) in [5.41, 5.74) is 3.74. The second-order valence-corrected chi connectivity index (χ2v) is 8.42. The third-order valence-corrected chi connectivity index (χ3v) is 6.59. The van der Waals surface area contributed by atoms with Gasteiger partial charge in [0, 0.05) is 0 Å². The molecule has 2 saturated carbocycles. The zero-order chi connectivity index (χ0) is 15.7. The maximum absolute atomic E-state index is 9.04. The van der Waals surface area contributed by atoms with Gasteiger partial charge in [-0.25, -0.2) is 0 Å². The molecule has 1 heteroatoms. The molecule has 0 radical (unpaired) electrons. The molecule has 2 aliphatic carbocycles. The first-order chi connectivity index (χ1) is 9.81. The van der Waals surface area contributed by atoms with Crippen LogP contribution in [0.1, 0.15) is 72.6 Å². The number of aliphatic hydroxyl groups excluding tert-OH is 1. The molecule has 2 rings (SSSR count). The fraction of sp³-hybridized carbons (Fsp3) is 0.800. The molecule has 0 aromatic carbocycles. The van der Waals surface area contributed by atoms with E-state index in [1.807, 2.05) is 6.08 Å². The molecule has 0 aliphatic heterocycles. The molecule has 3 atom stereocenters. The van der Waals surface area contributed by atoms with Crippen LogP contribution in [0.4, 0.5) is 0 Å². The van der Waals surface area contributed by atoms with E-state index in [0.717, 1.165) is 12.3 Å². The summed E-state index contributed by atoms with van der Waals surface area (Å²) in [6.07, 6.45) is 11.0. The number of rotatable bonds is 4. The predicted octanol–water partition coefficient (Wildman–Crippen LogP) is 5.50. The van der Waals surface area contributed by atoms with Crippen LogP contribution in [-0.2, 0) is 0 Å². The van der Waals surface area contributed by atoms with Gasteiger partial charge in [-0.05, 0) is 68.1 Å². The Morgan fingerprint density at radius 1 is 1.33 bits per heavy atom. The van der Waals surface area contributed by atoms with Crippen molar-refractivity contribution >= 4 is 0 Å². The third kappa shape index (κ3) is 3.28. The van der Waals surface area contributed by atoms with Crippen molar-refractivity contribution < 1.29 is 5.11 Å². The van der Waals surface area contributed by atoms with Crippen molar-refractivity contribution in [2.45, 2.75) is 72.6 Å². The van der Waals surface area contributed by atoms with E-state index in [1.165, 1.54) is 49.7 Å². The zero-order valence-corrected chi connectivity index (χ0v) is 14.5. The molecule has 2 fully saturated rings. The van der Waals surface area contributed by atoms with E-state index in [4.69, 9.17) is 5.11 Å². The van der Waals surface area contributed by atoms with Crippen LogP contribution in [0.25, 0.3) is 0 Å². The Morgan fingerprint density at radius 2 is 2.05 bits per heavy atom. The maximum Gasteiger partial charge on any atom is 0.0614 e. The van der Waals surface area contributed by atoms with E-state index in [1.54, 1.807) is 0 Å². The lowest BCUT2D eigenvalue weighted by molar-refractivity contribution is -0.0539. The lowest BCUT2D eigenvalue weighted by Gasteiger charge is -2.58. The van der Waals surface area contributed by atoms with Gasteiger partial charge in [0.1, 0.15) is 0 Å². The average molecular weight is 290 g/mol. The molecule has 0 amide bonds. The van der Waals surface area contributed by atoms with Gasteiger partial charge in [0.2, 0.25) is 0 Å². The molecule has 0 aromatic heterocycles. The standard InChI is InChI=1S/C20H34O/c1-15(11-14-21)7-9-17-16(2)8-10-18-19(3,4)12-6-13-20(17,18)5/h11,17-18,21H,2,6-10,12-14H2,1,3-5H3/b15-11-. The van der Waals surface area contributed by atoms with E-state index in [2.05, 4.69) is 34.3 Å². The van der Waals surface area contributed by atoms with Crippen molar-refractivity contribution in [3.05, 3.63) is 23.8 Å². The van der Waals surface area contributed by atoms with Crippen LogP contribution < -0.4 is 0 Å². The van der Waals surface area contributed by atoms with Crippen LogP contribution >= 0.6 is 0 Å². The van der Waals surface area contributed by atoms with Gasteiger partial charge in [0.05, 0.1) is 6.61 Å². The first kappa shape index (κ1) is 16.8. The van der Waals surface area contributed by atoms with E-state index in [0.29, 0.717) is 16.7 Å². The summed E-state index contributed by atoms with van der Waals surface area (Å²) in [5.74, 6) is 1.51. The van der Waals surface area contributed by atoms with Crippen molar-refractivity contribution in [3.8, 4) is 0 Å². The minimum atomic E-state index is 0.171. The summed E-state index contributed by atoms with van der Waals surface area (Å²) in [6.45, 7) is 14.3. The summed E-state index contributed by atoms with van der Waals surface area (Å²) >= 11 is 0. The van der Waals surface area contributed by atoms with Crippen LogP contribution in [0.5, 0.6) is 0 Å². The molecule has 0 aromatic rings. The number of fused-ring (bicyclic) bond motifs is 1. The molecule has 1 nitrogen and oxygen atoms in total. The highest BCUT2D eigenvalue weighted by Crippen LogP contribution is 2.61. The van der Waals surface area contributed by atoms with Crippen LogP contribution in [0.15, 0.2) is 23.8 Å². The van der Waals surface area contributed by atoms with E-state index >= 15 is 0 Å². The summed E-state index contributed by atoms with van der Waals surface area (Å²) in [4.78, 5) is 0. The minimum absolute atomic E-state index is 0.171. The lowest BCUT2D eigenvalue weighted by Crippen LogP contribution is -2.49. The van der Waals surface area contributed by atoms with Crippen molar-refractivity contribution in [1.29, 1.82) is 0 Å². The predicted molar refractivity (Wildman–Crippen MR) is 91.2 cm³/mol. The fourth-order valence-corrected chi connectivity index (χ4v) is 5.44. The molecule has 3 unspecified atom stereocenters. The average Bonchev–Trinajstić information content (AvgIpc) is 2.37. The van der Waals surface area contributed by atoms with Crippen LogP contribution in [0.2, 0.25) is 0 Å². The number of aliphatic hydroxyl groups is 1. The monoisotopic (exact) mass is 290 g/mol. The maximum atomic E-state index is 9.04. The fourth-order valence-electron chi connectivity index (χ4n) is 5.44. The van der Waals surface area contributed by atoms with Crippen molar-refractivity contribution in [3.63, 3.8) is 0 Å². The molecule has 0 bridgehead atoms. The van der Waals surface area contributed by atoms with Gasteiger partial charge < -0.3 is 5.11 Å². The van der Waals surface area contributed by atoms with E-state index in [-0.39, 0.29) is 6.61 Å². The largest absolute Gasteiger partial charge is 0.392 e. The lowest BCUT2D eigenvalue weighted by atomic mass is 9.47. The van der Waals surface area contributed by atoms with E-state index < -0.39 is 0 Å². The number of hydrogen-bond donors (Lipinski definition) is 1. The molecule has 0 saturated heterocycles. The van der Waals surface area contributed by atoms with Crippen LogP contribution in [0.3, 0.4) is 0 Å². The Labute approximate surface area is 131 Å². The van der Waals surface area contributed by atoms with Crippen molar-refractivity contribution in [1.82, 2.24) is 0 Å². The highest BCUT2D eigenvalue weighted by atomic mass is 16.2. The SMILES string of the molecule is C=C1CCC2C(C)(C)CCCC2(C)C1CC/C(C)=C\CO. The van der Waals surface area contributed by atoms with Gasteiger partial charge in [-0.1, -0.05) is 51.0 Å². The Hall–Kier alpha value is -0.560. The zero-order valence-electron chi connectivity index (χ0n) is 14.5. The molecular formula is C20H34O. The molecule has 0 spiro atoms. The quantitative estimate of drug-likeness (QED) is 0.677. The Morgan fingerprint density at radius 3 is 2.71 bits per heavy atom. The molecular weight excluding hydrogens is 256 g/mol. The van der Waals surface area contributed by atoms with Gasteiger partial charge in [-0.15, -0.1) is 0 Å². The summed E-state index contributed by atoms with van der Waals surface area (Å²) in [5, 5.41) is 9.04. The number of allylic oxidation sites excluding steroid dienone is 2. The summed E-state index contributed by atoms with van der Waals surface area (Å²) in [7, 11) is 0. The van der Waals surface area contributed by atoms with Crippen LogP contribution in [-0.4, -0.2) is 11.7 Å². The van der Waals surface area contributed by atoms with Gasteiger partial charge in [-0.3, -0.25) is 0 Å². The Balaban J connectivity index is 2.17. The first-order valence-electron chi connectivity index (χ1n) is 8.75. The summed E-state index contributed by atoms with van der Waals surface area (Å²) < 4.78 is 0. The van der Waals surface area contributed by atoms with Gasteiger partial charge in [-0.2, -0.15) is 0 Å². The smallest absolute Gasteiger partial charge is 0.0614 e. The van der Waals surface area contributed by atoms with E-state index in [9.17, 15) is 0 Å². The molecule has 0 heterocycles.